The summed E-state index contributed by atoms with van der Waals surface area (Å²) in [4.78, 5) is 24.2. The first-order valence-electron chi connectivity index (χ1n) is 6.00. The van der Waals surface area contributed by atoms with Gasteiger partial charge in [0.15, 0.2) is 11.5 Å². The van der Waals surface area contributed by atoms with E-state index in [2.05, 4.69) is 15.9 Å². The van der Waals surface area contributed by atoms with E-state index < -0.39 is 18.4 Å². The number of hydrogen-bond acceptors (Lipinski definition) is 7. The number of ether oxygens (including phenoxy) is 2. The van der Waals surface area contributed by atoms with Crippen molar-refractivity contribution in [3.8, 4) is 11.5 Å². The predicted molar refractivity (Wildman–Crippen MR) is 85.2 cm³/mol. The van der Waals surface area contributed by atoms with E-state index in [1.165, 1.54) is 0 Å². The molecule has 6 nitrogen and oxygen atoms in total. The third-order valence-electron chi connectivity index (χ3n) is 2.91. The Hall–Kier alpha value is -1.58. The number of thioether (sulfide) groups is 1. The van der Waals surface area contributed by atoms with E-state index in [4.69, 9.17) is 21.7 Å². The number of carboxylic acids is 1. The minimum Gasteiger partial charge on any atom is -0.548 e. The smallest absolute Gasteiger partial charge is 0.266 e. The first kappa shape index (κ1) is 15.3. The van der Waals surface area contributed by atoms with Gasteiger partial charge in [-0.05, 0) is 39.7 Å². The minimum absolute atomic E-state index is 0.144. The number of thiocarbonyl (C=S) groups is 1. The van der Waals surface area contributed by atoms with Gasteiger partial charge in [0.1, 0.15) is 4.32 Å². The normalized spacial score (nSPS) is 18.4. The summed E-state index contributed by atoms with van der Waals surface area (Å²) in [5.41, 5.74) is 0.713. The van der Waals surface area contributed by atoms with Crippen LogP contribution in [-0.4, -0.2) is 34.4 Å². The van der Waals surface area contributed by atoms with Gasteiger partial charge in [0.05, 0.1) is 21.9 Å². The maximum atomic E-state index is 12.2. The molecule has 0 atom stereocenters. The van der Waals surface area contributed by atoms with Crippen molar-refractivity contribution in [2.45, 2.75) is 0 Å². The van der Waals surface area contributed by atoms with Gasteiger partial charge in [-0.25, -0.2) is 0 Å². The van der Waals surface area contributed by atoms with Crippen molar-refractivity contribution in [2.75, 3.05) is 13.3 Å². The summed E-state index contributed by atoms with van der Waals surface area (Å²) in [5, 5.41) is 10.7. The van der Waals surface area contributed by atoms with Crippen LogP contribution in [0, 0.1) is 0 Å². The number of amides is 1. The standard InChI is InChI=1S/C13H8BrNO5S2/c14-7-1-6(2-8-11(7)20-5-19-8)3-9-12(18)15(4-10(16)17)13(21)22-9/h1-3H,4-5H2,(H,16,17)/p-1/b9-3+. The Balaban J connectivity index is 1.90. The first-order chi connectivity index (χ1) is 10.5. The molecule has 2 heterocycles. The molecule has 0 saturated carbocycles. The third-order valence-corrected chi connectivity index (χ3v) is 4.87. The highest BCUT2D eigenvalue weighted by Crippen LogP contribution is 2.41. The van der Waals surface area contributed by atoms with Crippen LogP contribution in [0.25, 0.3) is 6.08 Å². The Labute approximate surface area is 143 Å². The second-order valence-corrected chi connectivity index (χ2v) is 6.91. The van der Waals surface area contributed by atoms with E-state index in [0.29, 0.717) is 26.4 Å². The Morgan fingerprint density at radius 3 is 3.00 bits per heavy atom. The maximum absolute atomic E-state index is 12.2. The highest BCUT2D eigenvalue weighted by atomic mass is 79.9. The van der Waals surface area contributed by atoms with Gasteiger partial charge in [-0.3, -0.25) is 9.69 Å². The van der Waals surface area contributed by atoms with Gasteiger partial charge < -0.3 is 19.4 Å². The molecule has 1 amide bonds. The lowest BCUT2D eigenvalue weighted by molar-refractivity contribution is -0.305. The molecular weight excluding hydrogens is 394 g/mol. The number of rotatable bonds is 3. The molecule has 3 rings (SSSR count). The van der Waals surface area contributed by atoms with Crippen LogP contribution in [0.1, 0.15) is 5.56 Å². The van der Waals surface area contributed by atoms with Crippen LogP contribution in [0.3, 0.4) is 0 Å². The fourth-order valence-electron chi connectivity index (χ4n) is 1.99. The Morgan fingerprint density at radius 1 is 1.50 bits per heavy atom. The summed E-state index contributed by atoms with van der Waals surface area (Å²) in [7, 11) is 0. The summed E-state index contributed by atoms with van der Waals surface area (Å²) in [6.45, 7) is -0.405. The molecule has 22 heavy (non-hydrogen) atoms. The highest BCUT2D eigenvalue weighted by molar-refractivity contribution is 9.10. The quantitative estimate of drug-likeness (QED) is 0.555. The first-order valence-corrected chi connectivity index (χ1v) is 8.02. The number of aliphatic carboxylic acids is 1. The van der Waals surface area contributed by atoms with E-state index in [0.717, 1.165) is 16.7 Å². The van der Waals surface area contributed by atoms with Gasteiger partial charge >= 0.3 is 0 Å². The summed E-state index contributed by atoms with van der Waals surface area (Å²) >= 11 is 9.44. The molecule has 1 aromatic rings. The second kappa shape index (κ2) is 5.90. The number of carboxylic acid groups (broad SMARTS) is 1. The molecule has 0 radical (unpaired) electrons. The van der Waals surface area contributed by atoms with Gasteiger partial charge in [0.2, 0.25) is 6.79 Å². The average Bonchev–Trinajstić information content (AvgIpc) is 3.00. The zero-order valence-corrected chi connectivity index (χ0v) is 14.0. The zero-order chi connectivity index (χ0) is 15.9. The Bertz CT molecular complexity index is 733. The monoisotopic (exact) mass is 400 g/mol. The van der Waals surface area contributed by atoms with E-state index in [1.807, 2.05) is 0 Å². The number of hydrogen-bond donors (Lipinski definition) is 0. The van der Waals surface area contributed by atoms with Crippen molar-refractivity contribution in [3.05, 3.63) is 27.1 Å². The second-order valence-electron chi connectivity index (χ2n) is 4.38. The molecule has 0 N–H and O–H groups in total. The topological polar surface area (TPSA) is 78.9 Å². The fraction of sp³-hybridized carbons (Fsp3) is 0.154. The van der Waals surface area contributed by atoms with Crippen molar-refractivity contribution >= 4 is 62.2 Å². The molecule has 2 aliphatic rings. The molecule has 1 aromatic carbocycles. The van der Waals surface area contributed by atoms with Crippen LogP contribution in [0.4, 0.5) is 0 Å². The van der Waals surface area contributed by atoms with Crippen LogP contribution >= 0.6 is 39.9 Å². The number of carbonyl (C=O) groups is 2. The lowest BCUT2D eigenvalue weighted by Crippen LogP contribution is -2.40. The van der Waals surface area contributed by atoms with Crippen molar-refractivity contribution in [1.29, 1.82) is 0 Å². The van der Waals surface area contributed by atoms with Crippen LogP contribution in [0.2, 0.25) is 0 Å². The summed E-state index contributed by atoms with van der Waals surface area (Å²) < 4.78 is 11.5. The molecule has 0 spiro atoms. The Kier molecular flexibility index (Phi) is 4.11. The molecule has 9 heteroatoms. The summed E-state index contributed by atoms with van der Waals surface area (Å²) in [5.74, 6) is -0.621. The van der Waals surface area contributed by atoms with Gasteiger partial charge in [-0.1, -0.05) is 24.0 Å². The van der Waals surface area contributed by atoms with E-state index in [9.17, 15) is 14.7 Å². The fourth-order valence-corrected chi connectivity index (χ4v) is 3.82. The molecule has 1 fully saturated rings. The van der Waals surface area contributed by atoms with Crippen LogP contribution in [0.5, 0.6) is 11.5 Å². The molecule has 114 valence electrons. The van der Waals surface area contributed by atoms with Gasteiger partial charge in [-0.2, -0.15) is 0 Å². The van der Waals surface area contributed by atoms with E-state index >= 15 is 0 Å². The zero-order valence-electron chi connectivity index (χ0n) is 10.8. The van der Waals surface area contributed by atoms with E-state index in [1.54, 1.807) is 18.2 Å². The minimum atomic E-state index is -1.36. The highest BCUT2D eigenvalue weighted by Gasteiger charge is 2.32. The number of benzene rings is 1. The molecule has 2 aliphatic heterocycles. The maximum Gasteiger partial charge on any atom is 0.266 e. The van der Waals surface area contributed by atoms with E-state index in [-0.39, 0.29) is 11.1 Å². The Morgan fingerprint density at radius 2 is 2.27 bits per heavy atom. The molecule has 0 aromatic heterocycles. The number of carbonyl (C=O) groups excluding carboxylic acids is 2. The lowest BCUT2D eigenvalue weighted by Gasteiger charge is -2.14. The number of halogens is 1. The molecule has 0 unspecified atom stereocenters. The molecule has 1 saturated heterocycles. The predicted octanol–water partition coefficient (Wildman–Crippen LogP) is 1.13. The third kappa shape index (κ3) is 2.83. The largest absolute Gasteiger partial charge is 0.548 e. The number of fused-ring (bicyclic) bond motifs is 1. The van der Waals surface area contributed by atoms with Gasteiger partial charge in [-0.15, -0.1) is 0 Å². The molecule has 0 aliphatic carbocycles. The van der Waals surface area contributed by atoms with Crippen molar-refractivity contribution in [3.63, 3.8) is 0 Å². The van der Waals surface area contributed by atoms with Crippen LogP contribution in [0.15, 0.2) is 21.5 Å². The van der Waals surface area contributed by atoms with Crippen LogP contribution < -0.4 is 14.6 Å². The molecular formula is C13H7BrNO5S2-. The SMILES string of the molecule is O=C([O-])CN1C(=O)/C(=C\c2cc(Br)c3c(c2)OCO3)SC1=S. The summed E-state index contributed by atoms with van der Waals surface area (Å²) in [6, 6.07) is 3.51. The summed E-state index contributed by atoms with van der Waals surface area (Å²) in [6.07, 6.45) is 1.63. The lowest BCUT2D eigenvalue weighted by atomic mass is 10.2. The van der Waals surface area contributed by atoms with Crippen molar-refractivity contribution in [1.82, 2.24) is 4.90 Å². The van der Waals surface area contributed by atoms with Crippen molar-refractivity contribution < 1.29 is 24.2 Å². The number of nitrogens with zero attached hydrogens (tertiary/aromatic N) is 1. The molecule has 0 bridgehead atoms. The van der Waals surface area contributed by atoms with Gasteiger partial charge in [0, 0.05) is 0 Å². The average molecular weight is 401 g/mol. The van der Waals surface area contributed by atoms with Crippen LogP contribution in [-0.2, 0) is 9.59 Å². The van der Waals surface area contributed by atoms with Crippen molar-refractivity contribution in [2.24, 2.45) is 0 Å². The van der Waals surface area contributed by atoms with Gasteiger partial charge in [0.25, 0.3) is 5.91 Å².